The van der Waals surface area contributed by atoms with E-state index in [4.69, 9.17) is 9.16 Å². The van der Waals surface area contributed by atoms with Crippen molar-refractivity contribution in [3.05, 3.63) is 71.8 Å². The summed E-state index contributed by atoms with van der Waals surface area (Å²) < 4.78 is 12.2. The van der Waals surface area contributed by atoms with Crippen LogP contribution in [-0.2, 0) is 24.5 Å². The predicted octanol–water partition coefficient (Wildman–Crippen LogP) is 4.25. The summed E-state index contributed by atoms with van der Waals surface area (Å²) in [5, 5.41) is 10.3. The van der Waals surface area contributed by atoms with E-state index < -0.39 is 23.3 Å². The average Bonchev–Trinajstić information content (AvgIpc) is 2.82. The molecular formula is C27H39NO5Si. The van der Waals surface area contributed by atoms with Crippen LogP contribution in [0.4, 0.5) is 0 Å². The normalized spacial score (nSPS) is 12.9. The van der Waals surface area contributed by atoms with Crippen LogP contribution in [0.3, 0.4) is 0 Å². The zero-order valence-corrected chi connectivity index (χ0v) is 23.1. The molecule has 0 heterocycles. The molecule has 0 aliphatic heterocycles. The molecule has 186 valence electrons. The summed E-state index contributed by atoms with van der Waals surface area (Å²) in [5.41, 5.74) is -0.519. The summed E-state index contributed by atoms with van der Waals surface area (Å²) in [6.07, 6.45) is 3.93. The number of carbonyl (C=O) groups is 2. The Morgan fingerprint density at radius 3 is 1.88 bits per heavy atom. The third-order valence-corrected chi connectivity index (χ3v) is 6.34. The molecule has 6 nitrogen and oxygen atoms in total. The van der Waals surface area contributed by atoms with Gasteiger partial charge in [-0.25, -0.2) is 4.79 Å². The van der Waals surface area contributed by atoms with Crippen molar-refractivity contribution in [3.63, 3.8) is 0 Å². The fourth-order valence-electron chi connectivity index (χ4n) is 4.08. The summed E-state index contributed by atoms with van der Waals surface area (Å²) in [6, 6.07) is 17.6. The highest BCUT2D eigenvalue weighted by Crippen LogP contribution is 2.39. The van der Waals surface area contributed by atoms with Gasteiger partial charge >= 0.3 is 5.97 Å². The maximum atomic E-state index is 13.9. The van der Waals surface area contributed by atoms with Crippen LogP contribution in [0.1, 0.15) is 70.9 Å². The molecule has 0 spiro atoms. The maximum Gasteiger partial charge on any atom is 0.328 e. The molecule has 0 bridgehead atoms. The first-order chi connectivity index (χ1) is 16.2. The SMILES string of the molecule is CCCCCCC(=O)N([C@@H](COC(C)(C)C)C(=O)O)C(O[SiH3])(c1ccccc1)c1ccccc1. The second-order valence-electron chi connectivity index (χ2n) is 9.43. The Balaban J connectivity index is 2.69. The highest BCUT2D eigenvalue weighted by atomic mass is 28.2. The van der Waals surface area contributed by atoms with Gasteiger partial charge < -0.3 is 14.3 Å². The van der Waals surface area contributed by atoms with Gasteiger partial charge in [-0.15, -0.1) is 0 Å². The lowest BCUT2D eigenvalue weighted by molar-refractivity contribution is -0.176. The van der Waals surface area contributed by atoms with Crippen molar-refractivity contribution < 1.29 is 23.9 Å². The van der Waals surface area contributed by atoms with Crippen LogP contribution in [0.15, 0.2) is 60.7 Å². The van der Waals surface area contributed by atoms with Crippen molar-refractivity contribution in [3.8, 4) is 0 Å². The molecule has 1 N–H and O–H groups in total. The highest BCUT2D eigenvalue weighted by molar-refractivity contribution is 5.99. The van der Waals surface area contributed by atoms with Crippen molar-refractivity contribution in [1.82, 2.24) is 4.90 Å². The Kier molecular flexibility index (Phi) is 10.5. The number of aliphatic carboxylic acids is 1. The lowest BCUT2D eigenvalue weighted by atomic mass is 9.90. The number of rotatable bonds is 13. The topological polar surface area (TPSA) is 76.1 Å². The van der Waals surface area contributed by atoms with Crippen LogP contribution in [-0.4, -0.2) is 50.6 Å². The molecule has 1 amide bonds. The van der Waals surface area contributed by atoms with E-state index in [-0.39, 0.29) is 29.4 Å². The Morgan fingerprint density at radius 1 is 0.941 bits per heavy atom. The van der Waals surface area contributed by atoms with E-state index >= 15 is 0 Å². The monoisotopic (exact) mass is 485 g/mol. The average molecular weight is 486 g/mol. The molecule has 34 heavy (non-hydrogen) atoms. The summed E-state index contributed by atoms with van der Waals surface area (Å²) in [5.74, 6) is -1.38. The third kappa shape index (κ3) is 7.01. The number of hydrogen-bond acceptors (Lipinski definition) is 4. The van der Waals surface area contributed by atoms with Crippen molar-refractivity contribution in [2.75, 3.05) is 6.61 Å². The van der Waals surface area contributed by atoms with Gasteiger partial charge in [0.25, 0.3) is 0 Å². The molecule has 0 saturated heterocycles. The number of amides is 1. The van der Waals surface area contributed by atoms with Crippen LogP contribution in [0.2, 0.25) is 0 Å². The van der Waals surface area contributed by atoms with E-state index in [0.29, 0.717) is 17.5 Å². The Bertz CT molecular complexity index is 859. The van der Waals surface area contributed by atoms with Crippen LogP contribution >= 0.6 is 0 Å². The molecular weight excluding hydrogens is 446 g/mol. The van der Waals surface area contributed by atoms with Gasteiger partial charge in [-0.3, -0.25) is 9.69 Å². The van der Waals surface area contributed by atoms with E-state index in [1.165, 1.54) is 4.90 Å². The fourth-order valence-corrected chi connectivity index (χ4v) is 4.75. The second kappa shape index (κ2) is 12.8. The Labute approximate surface area is 206 Å². The molecule has 0 fully saturated rings. The summed E-state index contributed by atoms with van der Waals surface area (Å²) >= 11 is 0. The first kappa shape index (κ1) is 27.8. The van der Waals surface area contributed by atoms with E-state index in [1.54, 1.807) is 0 Å². The van der Waals surface area contributed by atoms with E-state index in [1.807, 2.05) is 81.4 Å². The van der Waals surface area contributed by atoms with Crippen LogP contribution in [0, 0.1) is 0 Å². The first-order valence-electron chi connectivity index (χ1n) is 12.0. The molecule has 2 rings (SSSR count). The van der Waals surface area contributed by atoms with Gasteiger partial charge in [0.15, 0.2) is 11.8 Å². The van der Waals surface area contributed by atoms with E-state index in [0.717, 1.165) is 19.3 Å². The molecule has 0 unspecified atom stereocenters. The number of nitrogens with zero attached hydrogens (tertiary/aromatic N) is 1. The summed E-state index contributed by atoms with van der Waals surface area (Å²) in [4.78, 5) is 27.9. The Hall–Kier alpha value is -2.48. The standard InChI is InChI=1S/C27H39NO5Si/c1-5-6-7-14-19-24(29)28(23(25(30)31)20-32-26(2,3)4)27(33-34,21-15-10-8-11-16-21)22-17-12-9-13-18-22/h8-13,15-18,23H,5-7,14,19-20H2,1-4,34H3,(H,30,31)/t23-/m0/s1. The van der Waals surface area contributed by atoms with Crippen molar-refractivity contribution >= 4 is 22.4 Å². The molecule has 0 aromatic heterocycles. The van der Waals surface area contributed by atoms with E-state index in [9.17, 15) is 14.7 Å². The van der Waals surface area contributed by atoms with Crippen molar-refractivity contribution in [2.45, 2.75) is 77.2 Å². The lowest BCUT2D eigenvalue weighted by Gasteiger charge is -2.47. The predicted molar refractivity (Wildman–Crippen MR) is 137 cm³/mol. The molecule has 1 atom stereocenters. The van der Waals surface area contributed by atoms with Gasteiger partial charge in [0.2, 0.25) is 5.91 Å². The van der Waals surface area contributed by atoms with Crippen LogP contribution < -0.4 is 0 Å². The van der Waals surface area contributed by atoms with E-state index in [2.05, 4.69) is 6.92 Å². The molecule has 0 aliphatic rings. The molecule has 2 aromatic carbocycles. The lowest BCUT2D eigenvalue weighted by Crippen LogP contribution is -2.60. The van der Waals surface area contributed by atoms with Gasteiger partial charge in [-0.1, -0.05) is 86.8 Å². The fraction of sp³-hybridized carbons (Fsp3) is 0.481. The number of carboxylic acids is 1. The summed E-state index contributed by atoms with van der Waals surface area (Å²) in [7, 11) is 0.275. The number of benzene rings is 2. The van der Waals surface area contributed by atoms with Crippen molar-refractivity contribution in [1.29, 1.82) is 0 Å². The third-order valence-electron chi connectivity index (χ3n) is 5.75. The largest absolute Gasteiger partial charge is 0.480 e. The first-order valence-corrected chi connectivity index (χ1v) is 12.8. The highest BCUT2D eigenvalue weighted by Gasteiger charge is 2.48. The number of hydrogen-bond donors (Lipinski definition) is 1. The Morgan fingerprint density at radius 2 is 1.47 bits per heavy atom. The number of carbonyl (C=O) groups excluding carboxylic acids is 1. The zero-order valence-electron chi connectivity index (χ0n) is 21.1. The quantitative estimate of drug-likeness (QED) is 0.261. The number of unbranched alkanes of at least 4 members (excludes halogenated alkanes) is 3. The minimum absolute atomic E-state index is 0.147. The van der Waals surface area contributed by atoms with Crippen molar-refractivity contribution in [2.24, 2.45) is 0 Å². The molecule has 0 aliphatic carbocycles. The van der Waals surface area contributed by atoms with Gasteiger partial charge in [-0.2, -0.15) is 0 Å². The van der Waals surface area contributed by atoms with Crippen LogP contribution in [0.5, 0.6) is 0 Å². The molecule has 2 aromatic rings. The van der Waals surface area contributed by atoms with Crippen LogP contribution in [0.25, 0.3) is 0 Å². The summed E-state index contributed by atoms with van der Waals surface area (Å²) in [6.45, 7) is 7.57. The minimum Gasteiger partial charge on any atom is -0.480 e. The number of ether oxygens (including phenoxy) is 1. The number of carboxylic acid groups (broad SMARTS) is 1. The molecule has 7 heteroatoms. The smallest absolute Gasteiger partial charge is 0.328 e. The van der Waals surface area contributed by atoms with Gasteiger partial charge in [0.05, 0.1) is 12.2 Å². The van der Waals surface area contributed by atoms with Gasteiger partial charge in [0, 0.05) is 17.5 Å². The molecule has 0 saturated carbocycles. The van der Waals surface area contributed by atoms with Gasteiger partial charge in [-0.05, 0) is 27.2 Å². The maximum absolute atomic E-state index is 13.9. The van der Waals surface area contributed by atoms with Gasteiger partial charge in [0.1, 0.15) is 10.5 Å². The minimum atomic E-state index is -1.37. The second-order valence-corrected chi connectivity index (χ2v) is 9.84. The zero-order chi connectivity index (χ0) is 25.2. The molecule has 0 radical (unpaired) electrons.